The molecular formula is C28H35FN4O7. The third-order valence-corrected chi connectivity index (χ3v) is 8.79. The number of amides is 2. The van der Waals surface area contributed by atoms with E-state index >= 15 is 4.39 Å². The molecule has 0 radical (unpaired) electrons. The summed E-state index contributed by atoms with van der Waals surface area (Å²) < 4.78 is 15.4. The van der Waals surface area contributed by atoms with Crippen molar-refractivity contribution in [3.8, 4) is 0 Å². The number of ketones is 4. The zero-order chi connectivity index (χ0) is 29.8. The summed E-state index contributed by atoms with van der Waals surface area (Å²) in [5.74, 6) is -12.1. The Hall–Kier alpha value is -3.35. The number of carbonyl (C=O) groups is 6. The second-order valence-electron chi connectivity index (χ2n) is 11.4. The van der Waals surface area contributed by atoms with Gasteiger partial charge < -0.3 is 21.5 Å². The van der Waals surface area contributed by atoms with Crippen molar-refractivity contribution in [2.45, 2.75) is 57.7 Å². The molecule has 2 amide bonds. The molecule has 7 atom stereocenters. The van der Waals surface area contributed by atoms with Gasteiger partial charge >= 0.3 is 0 Å². The lowest BCUT2D eigenvalue weighted by molar-refractivity contribution is -0.181. The summed E-state index contributed by atoms with van der Waals surface area (Å²) in [6.07, 6.45) is 0.634. The zero-order valence-electron chi connectivity index (χ0n) is 23.2. The number of nitrogens with zero attached hydrogens (tertiary/aromatic N) is 1. The van der Waals surface area contributed by atoms with Gasteiger partial charge in [0.25, 0.3) is 0 Å². The Labute approximate surface area is 231 Å². The van der Waals surface area contributed by atoms with E-state index in [1.807, 2.05) is 13.8 Å². The molecule has 0 bridgehead atoms. The van der Waals surface area contributed by atoms with Crippen LogP contribution in [0.4, 0.5) is 10.1 Å². The van der Waals surface area contributed by atoms with Gasteiger partial charge in [0.15, 0.2) is 34.7 Å². The van der Waals surface area contributed by atoms with Gasteiger partial charge in [0, 0.05) is 23.2 Å². The van der Waals surface area contributed by atoms with Crippen LogP contribution in [0.25, 0.3) is 0 Å². The smallest absolute Gasteiger partial charge is 0.238 e. The second-order valence-corrected chi connectivity index (χ2v) is 11.4. The lowest BCUT2D eigenvalue weighted by atomic mass is 9.52. The van der Waals surface area contributed by atoms with Crippen molar-refractivity contribution in [3.05, 3.63) is 28.6 Å². The van der Waals surface area contributed by atoms with E-state index in [1.54, 1.807) is 0 Å². The van der Waals surface area contributed by atoms with Gasteiger partial charge in [0.2, 0.25) is 11.8 Å². The molecule has 2 saturated carbocycles. The van der Waals surface area contributed by atoms with Gasteiger partial charge in [-0.15, -0.1) is 0 Å². The van der Waals surface area contributed by atoms with E-state index in [-0.39, 0.29) is 47.8 Å². The van der Waals surface area contributed by atoms with Crippen LogP contribution in [-0.2, 0) is 30.4 Å². The Balaban J connectivity index is 1.74. The molecule has 40 heavy (non-hydrogen) atoms. The van der Waals surface area contributed by atoms with E-state index in [2.05, 4.69) is 10.6 Å². The molecule has 0 saturated heterocycles. The number of carbonyl (C=O) groups excluding carboxylic acids is 6. The molecule has 3 aliphatic carbocycles. The Bertz CT molecular complexity index is 1330. The standard InChI is InChI=1S/C28H35FN4O7/c1-6-11(2)31-10-18(34)32-17-9-16(29)14-7-13-8-15-22(33(4)5)24(36)21(27(30)39)26(38)28(15,40)25(37)20(13)23(35)19(14)12(17)3/h9,11,13,15,20-22,31,40H,6-8,10H2,1-5H3,(H2,30,39)(H,32,34). The average Bonchev–Trinajstić information content (AvgIpc) is 2.87. The van der Waals surface area contributed by atoms with Crippen LogP contribution in [0, 0.1) is 36.4 Å². The van der Waals surface area contributed by atoms with E-state index in [0.29, 0.717) is 0 Å². The number of aliphatic hydroxyl groups is 1. The van der Waals surface area contributed by atoms with E-state index in [0.717, 1.165) is 12.5 Å². The highest BCUT2D eigenvalue weighted by Gasteiger charge is 2.69. The number of benzene rings is 1. The summed E-state index contributed by atoms with van der Waals surface area (Å²) in [5, 5.41) is 17.3. The molecule has 2 fully saturated rings. The topological polar surface area (TPSA) is 176 Å². The number of rotatable bonds is 7. The van der Waals surface area contributed by atoms with E-state index in [4.69, 9.17) is 5.73 Å². The van der Waals surface area contributed by atoms with Gasteiger partial charge in [-0.25, -0.2) is 4.39 Å². The number of fused-ring (bicyclic) bond motifs is 3. The lowest BCUT2D eigenvalue weighted by Crippen LogP contribution is -2.74. The fourth-order valence-electron chi connectivity index (χ4n) is 6.55. The van der Waals surface area contributed by atoms with Crippen molar-refractivity contribution in [3.63, 3.8) is 0 Å². The maximum Gasteiger partial charge on any atom is 0.238 e. The van der Waals surface area contributed by atoms with Crippen LogP contribution < -0.4 is 16.4 Å². The van der Waals surface area contributed by atoms with Crippen molar-refractivity contribution in [1.29, 1.82) is 0 Å². The highest BCUT2D eigenvalue weighted by molar-refractivity contribution is 6.32. The first-order valence-electron chi connectivity index (χ1n) is 13.4. The molecule has 4 rings (SSSR count). The van der Waals surface area contributed by atoms with Crippen molar-refractivity contribution < 1.29 is 38.3 Å². The first-order valence-corrected chi connectivity index (χ1v) is 13.4. The molecular weight excluding hydrogens is 523 g/mol. The fourth-order valence-corrected chi connectivity index (χ4v) is 6.55. The van der Waals surface area contributed by atoms with Gasteiger partial charge in [-0.1, -0.05) is 6.92 Å². The SMILES string of the molecule is CCC(C)NCC(=O)Nc1cc(F)c2c(c1C)C(=O)C1C(=O)C3(O)C(=O)C(C(N)=O)C(=O)C(N(C)C)C3CC1C2. The van der Waals surface area contributed by atoms with Gasteiger partial charge in [-0.05, 0) is 70.3 Å². The molecule has 0 aliphatic heterocycles. The molecule has 11 nitrogen and oxygen atoms in total. The summed E-state index contributed by atoms with van der Waals surface area (Å²) in [6, 6.07) is 0.0175. The number of likely N-dealkylation sites (N-methyl/N-ethyl adjacent to an activating group) is 1. The lowest BCUT2D eigenvalue weighted by Gasteiger charge is -2.52. The van der Waals surface area contributed by atoms with Crippen LogP contribution >= 0.6 is 0 Å². The molecule has 1 aromatic rings. The monoisotopic (exact) mass is 558 g/mol. The Morgan fingerprint density at radius 3 is 2.45 bits per heavy atom. The average molecular weight is 559 g/mol. The summed E-state index contributed by atoms with van der Waals surface area (Å²) in [7, 11) is 3.01. The molecule has 5 N–H and O–H groups in total. The van der Waals surface area contributed by atoms with Crippen LogP contribution in [0.15, 0.2) is 6.07 Å². The number of Topliss-reactive ketones (excluding diaryl/α,β-unsaturated/α-hetero) is 4. The van der Waals surface area contributed by atoms with E-state index < -0.39 is 76.1 Å². The molecule has 1 aromatic carbocycles. The summed E-state index contributed by atoms with van der Waals surface area (Å²) >= 11 is 0. The van der Waals surface area contributed by atoms with Gasteiger partial charge in [0.1, 0.15) is 5.82 Å². The molecule has 7 unspecified atom stereocenters. The molecule has 216 valence electrons. The van der Waals surface area contributed by atoms with Crippen molar-refractivity contribution in [2.24, 2.45) is 29.4 Å². The predicted octanol–water partition coefficient (Wildman–Crippen LogP) is -0.0645. The van der Waals surface area contributed by atoms with Crippen molar-refractivity contribution >= 4 is 40.6 Å². The van der Waals surface area contributed by atoms with Crippen LogP contribution in [0.2, 0.25) is 0 Å². The van der Waals surface area contributed by atoms with Crippen LogP contribution in [0.1, 0.15) is 48.2 Å². The number of hydrogen-bond acceptors (Lipinski definition) is 9. The summed E-state index contributed by atoms with van der Waals surface area (Å²) in [4.78, 5) is 80.1. The second kappa shape index (κ2) is 10.6. The molecule has 0 aromatic heterocycles. The van der Waals surface area contributed by atoms with Gasteiger partial charge in [0.05, 0.1) is 18.5 Å². The number of primary amides is 1. The summed E-state index contributed by atoms with van der Waals surface area (Å²) in [5.41, 5.74) is 2.84. The minimum Gasteiger partial charge on any atom is -0.374 e. The number of halogens is 1. The Morgan fingerprint density at radius 1 is 1.23 bits per heavy atom. The number of nitrogens with one attached hydrogen (secondary N) is 2. The predicted molar refractivity (Wildman–Crippen MR) is 141 cm³/mol. The largest absolute Gasteiger partial charge is 0.374 e. The quantitative estimate of drug-likeness (QED) is 0.334. The molecule has 0 spiro atoms. The molecule has 12 heteroatoms. The highest BCUT2D eigenvalue weighted by atomic mass is 19.1. The third kappa shape index (κ3) is 4.47. The van der Waals surface area contributed by atoms with Crippen molar-refractivity contribution in [1.82, 2.24) is 10.2 Å². The normalized spacial score (nSPS) is 30.4. The minimum atomic E-state index is -2.79. The van der Waals surface area contributed by atoms with E-state index in [1.165, 1.54) is 25.9 Å². The van der Waals surface area contributed by atoms with Crippen molar-refractivity contribution in [2.75, 3.05) is 26.0 Å². The molecule has 0 heterocycles. The van der Waals surface area contributed by atoms with Gasteiger partial charge in [-0.3, -0.25) is 33.7 Å². The van der Waals surface area contributed by atoms with E-state index in [9.17, 15) is 33.9 Å². The molecule has 3 aliphatic rings. The third-order valence-electron chi connectivity index (χ3n) is 8.79. The fraction of sp³-hybridized carbons (Fsp3) is 0.571. The Kier molecular flexibility index (Phi) is 7.83. The maximum atomic E-state index is 15.4. The maximum absolute atomic E-state index is 15.4. The number of anilines is 1. The number of hydrogen-bond donors (Lipinski definition) is 4. The summed E-state index contributed by atoms with van der Waals surface area (Å²) in [6.45, 7) is 5.35. The van der Waals surface area contributed by atoms with Crippen LogP contribution in [0.3, 0.4) is 0 Å². The highest BCUT2D eigenvalue weighted by Crippen LogP contribution is 2.50. The zero-order valence-corrected chi connectivity index (χ0v) is 23.2. The van der Waals surface area contributed by atoms with Crippen LogP contribution in [-0.4, -0.2) is 83.3 Å². The van der Waals surface area contributed by atoms with Gasteiger partial charge in [-0.2, -0.15) is 0 Å². The first-order chi connectivity index (χ1) is 18.7. The number of nitrogens with two attached hydrogens (primary N) is 1. The Morgan fingerprint density at radius 2 is 1.88 bits per heavy atom. The minimum absolute atomic E-state index is 0.0341. The van der Waals surface area contributed by atoms with Crippen LogP contribution in [0.5, 0.6) is 0 Å². The first kappa shape index (κ1) is 29.6.